The molecule has 0 aliphatic heterocycles. The molecule has 6 nitrogen and oxygen atoms in total. The Morgan fingerprint density at radius 1 is 1.35 bits per heavy atom. The van der Waals surface area contributed by atoms with Crippen molar-refractivity contribution in [2.24, 2.45) is 0 Å². The second kappa shape index (κ2) is 6.71. The van der Waals surface area contributed by atoms with Crippen LogP contribution in [0.1, 0.15) is 19.4 Å². The van der Waals surface area contributed by atoms with Crippen molar-refractivity contribution >= 4 is 16.0 Å². The first-order valence-electron chi connectivity index (χ1n) is 6.17. The first kappa shape index (κ1) is 16.5. The van der Waals surface area contributed by atoms with Crippen LogP contribution >= 0.6 is 0 Å². The number of aliphatic carboxylic acids is 1. The average molecular weight is 301 g/mol. The number of carboxylic acids is 1. The zero-order valence-corrected chi connectivity index (χ0v) is 12.6. The largest absolute Gasteiger partial charge is 0.497 e. The summed E-state index contributed by atoms with van der Waals surface area (Å²) in [5.74, 6) is -0.670. The second-order valence-corrected chi connectivity index (χ2v) is 6.55. The highest BCUT2D eigenvalue weighted by Gasteiger charge is 2.32. The minimum atomic E-state index is -3.86. The Morgan fingerprint density at radius 3 is 2.30 bits per heavy atom. The molecule has 1 atom stereocenters. The summed E-state index contributed by atoms with van der Waals surface area (Å²) in [5.41, 5.74) is 0.772. The molecule has 0 aromatic heterocycles. The van der Waals surface area contributed by atoms with E-state index in [-0.39, 0.29) is 13.1 Å². The summed E-state index contributed by atoms with van der Waals surface area (Å²) in [6.45, 7) is 3.20. The quantitative estimate of drug-likeness (QED) is 0.821. The fourth-order valence-corrected chi connectivity index (χ4v) is 3.06. The number of ether oxygens (including phenoxy) is 1. The van der Waals surface area contributed by atoms with E-state index in [9.17, 15) is 13.2 Å². The highest BCUT2D eigenvalue weighted by molar-refractivity contribution is 7.90. The van der Waals surface area contributed by atoms with Gasteiger partial charge in [0.2, 0.25) is 10.0 Å². The van der Waals surface area contributed by atoms with Crippen molar-refractivity contribution < 1.29 is 23.1 Å². The molecule has 1 N–H and O–H groups in total. The lowest BCUT2D eigenvalue weighted by Crippen LogP contribution is -2.40. The number of hydrogen-bond acceptors (Lipinski definition) is 4. The molecule has 1 aromatic carbocycles. The van der Waals surface area contributed by atoms with Gasteiger partial charge < -0.3 is 9.84 Å². The lowest BCUT2D eigenvalue weighted by Gasteiger charge is -2.22. The predicted molar refractivity (Wildman–Crippen MR) is 75.1 cm³/mol. The van der Waals surface area contributed by atoms with Crippen LogP contribution in [0.15, 0.2) is 24.3 Å². The number of carboxylic acid groups (broad SMARTS) is 1. The molecule has 112 valence electrons. The molecule has 0 saturated heterocycles. The molecule has 1 unspecified atom stereocenters. The molecule has 0 saturated carbocycles. The van der Waals surface area contributed by atoms with E-state index in [0.29, 0.717) is 5.75 Å². The summed E-state index contributed by atoms with van der Waals surface area (Å²) in [7, 11) is -2.31. The predicted octanol–water partition coefficient (Wildman–Crippen LogP) is 1.32. The summed E-state index contributed by atoms with van der Waals surface area (Å²) in [6.07, 6.45) is 0. The van der Waals surface area contributed by atoms with Crippen LogP contribution in [-0.4, -0.2) is 42.7 Å². The molecular formula is C13H19NO5S. The van der Waals surface area contributed by atoms with Gasteiger partial charge in [-0.3, -0.25) is 4.79 Å². The van der Waals surface area contributed by atoms with E-state index in [1.54, 1.807) is 38.3 Å². The first-order chi connectivity index (χ1) is 9.32. The Kier molecular flexibility index (Phi) is 5.52. The standard InChI is InChI=1S/C13H19NO5S/c1-4-14(20(17,18)10(2)13(15)16)9-11-5-7-12(19-3)8-6-11/h5-8,10H,4,9H2,1-3H3,(H,15,16). The smallest absolute Gasteiger partial charge is 0.323 e. The molecule has 0 radical (unpaired) electrons. The van der Waals surface area contributed by atoms with Gasteiger partial charge in [-0.05, 0) is 24.6 Å². The number of nitrogens with zero attached hydrogens (tertiary/aromatic N) is 1. The van der Waals surface area contributed by atoms with Crippen molar-refractivity contribution in [3.63, 3.8) is 0 Å². The first-order valence-corrected chi connectivity index (χ1v) is 7.68. The van der Waals surface area contributed by atoms with E-state index in [4.69, 9.17) is 9.84 Å². The van der Waals surface area contributed by atoms with Crippen LogP contribution in [0.25, 0.3) is 0 Å². The van der Waals surface area contributed by atoms with Crippen LogP contribution in [0, 0.1) is 0 Å². The van der Waals surface area contributed by atoms with Crippen LogP contribution in [0.3, 0.4) is 0 Å². The average Bonchev–Trinajstić information content (AvgIpc) is 2.44. The summed E-state index contributed by atoms with van der Waals surface area (Å²) in [6, 6.07) is 6.97. The molecule has 0 aliphatic rings. The molecular weight excluding hydrogens is 282 g/mol. The maximum absolute atomic E-state index is 12.2. The minimum absolute atomic E-state index is 0.139. The van der Waals surface area contributed by atoms with Gasteiger partial charge in [0.05, 0.1) is 7.11 Å². The number of hydrogen-bond donors (Lipinski definition) is 1. The number of sulfonamides is 1. The fourth-order valence-electron chi connectivity index (χ4n) is 1.67. The van der Waals surface area contributed by atoms with Gasteiger partial charge in [0.1, 0.15) is 5.75 Å². The van der Waals surface area contributed by atoms with Gasteiger partial charge in [-0.2, -0.15) is 4.31 Å². The topological polar surface area (TPSA) is 83.9 Å². The molecule has 0 fully saturated rings. The van der Waals surface area contributed by atoms with Gasteiger partial charge in [-0.15, -0.1) is 0 Å². The van der Waals surface area contributed by atoms with E-state index in [0.717, 1.165) is 9.87 Å². The van der Waals surface area contributed by atoms with Crippen LogP contribution in [0.5, 0.6) is 5.75 Å². The minimum Gasteiger partial charge on any atom is -0.497 e. The van der Waals surface area contributed by atoms with Gasteiger partial charge in [0.25, 0.3) is 0 Å². The normalized spacial score (nSPS) is 13.2. The van der Waals surface area contributed by atoms with Crippen LogP contribution in [0.4, 0.5) is 0 Å². The highest BCUT2D eigenvalue weighted by atomic mass is 32.2. The van der Waals surface area contributed by atoms with Crippen molar-refractivity contribution in [2.75, 3.05) is 13.7 Å². The lowest BCUT2D eigenvalue weighted by atomic mass is 10.2. The Balaban J connectivity index is 2.93. The zero-order chi connectivity index (χ0) is 15.3. The van der Waals surface area contributed by atoms with Crippen molar-refractivity contribution in [3.8, 4) is 5.75 Å². The third-order valence-electron chi connectivity index (χ3n) is 3.03. The molecule has 0 heterocycles. The maximum atomic E-state index is 12.2. The molecule has 1 aromatic rings. The van der Waals surface area contributed by atoms with Gasteiger partial charge >= 0.3 is 5.97 Å². The number of carbonyl (C=O) groups is 1. The summed E-state index contributed by atoms with van der Waals surface area (Å²) < 4.78 is 30.5. The molecule has 20 heavy (non-hydrogen) atoms. The Bertz CT molecular complexity index is 553. The summed E-state index contributed by atoms with van der Waals surface area (Å²) in [5, 5.41) is 7.42. The van der Waals surface area contributed by atoms with Gasteiger partial charge in [-0.25, -0.2) is 8.42 Å². The summed E-state index contributed by atoms with van der Waals surface area (Å²) in [4.78, 5) is 10.9. The Hall–Kier alpha value is -1.60. The maximum Gasteiger partial charge on any atom is 0.323 e. The van der Waals surface area contributed by atoms with E-state index in [1.165, 1.54) is 6.92 Å². The van der Waals surface area contributed by atoms with Gasteiger partial charge in [0, 0.05) is 13.1 Å². The number of rotatable bonds is 7. The monoisotopic (exact) mass is 301 g/mol. The van der Waals surface area contributed by atoms with Gasteiger partial charge in [-0.1, -0.05) is 19.1 Å². The third-order valence-corrected chi connectivity index (χ3v) is 5.23. The Labute approximate surface area is 119 Å². The third kappa shape index (κ3) is 3.71. The van der Waals surface area contributed by atoms with Crippen molar-refractivity contribution in [2.45, 2.75) is 25.6 Å². The van der Waals surface area contributed by atoms with Crippen molar-refractivity contribution in [1.82, 2.24) is 4.31 Å². The fraction of sp³-hybridized carbons (Fsp3) is 0.462. The number of methoxy groups -OCH3 is 1. The molecule has 0 aliphatic carbocycles. The lowest BCUT2D eigenvalue weighted by molar-refractivity contribution is -0.136. The summed E-state index contributed by atoms with van der Waals surface area (Å²) >= 11 is 0. The molecule has 1 rings (SSSR count). The molecule has 7 heteroatoms. The number of benzene rings is 1. The molecule has 0 bridgehead atoms. The van der Waals surface area contributed by atoms with Crippen LogP contribution in [0.2, 0.25) is 0 Å². The van der Waals surface area contributed by atoms with Crippen LogP contribution < -0.4 is 4.74 Å². The van der Waals surface area contributed by atoms with E-state index < -0.39 is 21.2 Å². The van der Waals surface area contributed by atoms with Crippen molar-refractivity contribution in [1.29, 1.82) is 0 Å². The molecule has 0 spiro atoms. The Morgan fingerprint density at radius 2 is 1.90 bits per heavy atom. The van der Waals surface area contributed by atoms with E-state index >= 15 is 0 Å². The van der Waals surface area contributed by atoms with Crippen molar-refractivity contribution in [3.05, 3.63) is 29.8 Å². The highest BCUT2D eigenvalue weighted by Crippen LogP contribution is 2.17. The molecule has 0 amide bonds. The van der Waals surface area contributed by atoms with Crippen LogP contribution in [-0.2, 0) is 21.4 Å². The van der Waals surface area contributed by atoms with Gasteiger partial charge in [0.15, 0.2) is 5.25 Å². The zero-order valence-electron chi connectivity index (χ0n) is 11.7. The van der Waals surface area contributed by atoms with E-state index in [2.05, 4.69) is 0 Å². The van der Waals surface area contributed by atoms with E-state index in [1.807, 2.05) is 0 Å². The second-order valence-electron chi connectivity index (χ2n) is 4.30. The SMILES string of the molecule is CCN(Cc1ccc(OC)cc1)S(=O)(=O)C(C)C(=O)O.